The zero-order valence-corrected chi connectivity index (χ0v) is 18.2. The lowest BCUT2D eigenvalue weighted by molar-refractivity contribution is -0.152. The molecule has 1 aromatic rings. The SMILES string of the molecule is [2H]C([2H])CCC(C)(F)C(CC)(NC(=O)c1ccc(N2CC(F)(F)C2)c(OCC2CC2)n1)C(=O)O. The summed E-state index contributed by atoms with van der Waals surface area (Å²) in [7, 11) is 0. The van der Waals surface area contributed by atoms with Crippen LogP contribution in [0.25, 0.3) is 0 Å². The van der Waals surface area contributed by atoms with E-state index in [2.05, 4.69) is 10.3 Å². The molecule has 2 fully saturated rings. The molecule has 0 spiro atoms. The average Bonchev–Trinajstić information content (AvgIpc) is 3.56. The van der Waals surface area contributed by atoms with Crippen LogP contribution in [-0.2, 0) is 4.79 Å². The van der Waals surface area contributed by atoms with Crippen LogP contribution in [0.4, 0.5) is 18.9 Å². The van der Waals surface area contributed by atoms with E-state index in [9.17, 15) is 23.5 Å². The Bertz CT molecular complexity index is 923. The van der Waals surface area contributed by atoms with Gasteiger partial charge in [0.2, 0.25) is 5.88 Å². The molecule has 2 heterocycles. The molecular formula is C22H30F3N3O4. The largest absolute Gasteiger partial charge is 0.479 e. The first kappa shape index (κ1) is 21.3. The number of nitrogens with zero attached hydrogens (tertiary/aromatic N) is 2. The summed E-state index contributed by atoms with van der Waals surface area (Å²) in [5.41, 5.74) is -4.72. The summed E-state index contributed by atoms with van der Waals surface area (Å²) >= 11 is 0. The molecule has 0 radical (unpaired) electrons. The number of carbonyl (C=O) groups is 2. The summed E-state index contributed by atoms with van der Waals surface area (Å²) in [4.78, 5) is 30.7. The molecule has 10 heteroatoms. The minimum Gasteiger partial charge on any atom is -0.479 e. The fraction of sp³-hybridized carbons (Fsp3) is 0.682. The molecular weight excluding hydrogens is 427 g/mol. The van der Waals surface area contributed by atoms with E-state index in [4.69, 9.17) is 7.48 Å². The van der Waals surface area contributed by atoms with Crippen molar-refractivity contribution < 1.29 is 35.3 Å². The summed E-state index contributed by atoms with van der Waals surface area (Å²) < 4.78 is 62.6. The first-order valence-corrected chi connectivity index (χ1v) is 10.7. The van der Waals surface area contributed by atoms with E-state index in [0.29, 0.717) is 18.2 Å². The third-order valence-corrected chi connectivity index (χ3v) is 6.14. The van der Waals surface area contributed by atoms with E-state index in [1.54, 1.807) is 0 Å². The zero-order chi connectivity index (χ0) is 25.3. The van der Waals surface area contributed by atoms with E-state index in [1.807, 2.05) is 0 Å². The molecule has 1 aromatic heterocycles. The van der Waals surface area contributed by atoms with Crippen molar-refractivity contribution in [3.63, 3.8) is 0 Å². The van der Waals surface area contributed by atoms with Gasteiger partial charge in [-0.15, -0.1) is 0 Å². The average molecular weight is 460 g/mol. The van der Waals surface area contributed by atoms with Crippen LogP contribution in [0.15, 0.2) is 12.1 Å². The second kappa shape index (κ2) is 8.78. The van der Waals surface area contributed by atoms with Crippen LogP contribution in [0.3, 0.4) is 0 Å². The number of aromatic nitrogens is 1. The number of carbonyl (C=O) groups excluding carboxylic acids is 1. The van der Waals surface area contributed by atoms with Crippen LogP contribution in [0, 0.1) is 5.92 Å². The second-order valence-corrected chi connectivity index (χ2v) is 8.74. The van der Waals surface area contributed by atoms with E-state index < -0.39 is 55.4 Å². The molecule has 1 aliphatic heterocycles. The van der Waals surface area contributed by atoms with Crippen molar-refractivity contribution in [1.82, 2.24) is 10.3 Å². The van der Waals surface area contributed by atoms with E-state index in [-0.39, 0.29) is 24.4 Å². The topological polar surface area (TPSA) is 91.8 Å². The lowest BCUT2D eigenvalue weighted by Crippen LogP contribution is -2.65. The van der Waals surface area contributed by atoms with Crippen LogP contribution in [0.1, 0.15) is 66.1 Å². The molecule has 7 nitrogen and oxygen atoms in total. The molecule has 178 valence electrons. The second-order valence-electron chi connectivity index (χ2n) is 8.74. The fourth-order valence-electron chi connectivity index (χ4n) is 3.83. The molecule has 0 aromatic carbocycles. The number of hydrogen-bond donors (Lipinski definition) is 2. The van der Waals surface area contributed by atoms with Gasteiger partial charge < -0.3 is 20.1 Å². The highest BCUT2D eigenvalue weighted by Crippen LogP contribution is 2.38. The molecule has 3 rings (SSSR count). The normalized spacial score (nSPS) is 22.1. The van der Waals surface area contributed by atoms with Crippen LogP contribution < -0.4 is 15.0 Å². The maximum atomic E-state index is 15.6. The predicted molar refractivity (Wildman–Crippen MR) is 112 cm³/mol. The number of halogens is 3. The Morgan fingerprint density at radius 1 is 1.41 bits per heavy atom. The molecule has 1 saturated carbocycles. The lowest BCUT2D eigenvalue weighted by Gasteiger charge is -2.41. The number of pyridine rings is 1. The van der Waals surface area contributed by atoms with E-state index in [0.717, 1.165) is 19.8 Å². The van der Waals surface area contributed by atoms with Gasteiger partial charge in [0.25, 0.3) is 11.8 Å². The molecule has 1 amide bonds. The highest BCUT2D eigenvalue weighted by molar-refractivity contribution is 5.97. The number of anilines is 1. The summed E-state index contributed by atoms with van der Waals surface area (Å²) in [5.74, 6) is -5.06. The lowest BCUT2D eigenvalue weighted by atomic mass is 9.77. The first-order chi connectivity index (χ1) is 15.8. The highest BCUT2D eigenvalue weighted by Gasteiger charge is 2.54. The van der Waals surface area contributed by atoms with Crippen LogP contribution in [-0.4, -0.2) is 58.8 Å². The minimum absolute atomic E-state index is 0.0123. The summed E-state index contributed by atoms with van der Waals surface area (Å²) in [6.45, 7) is 0.390. The van der Waals surface area contributed by atoms with Gasteiger partial charge in [-0.3, -0.25) is 4.79 Å². The number of rotatable bonds is 11. The van der Waals surface area contributed by atoms with Gasteiger partial charge in [0, 0.05) is 2.74 Å². The van der Waals surface area contributed by atoms with Gasteiger partial charge in [-0.25, -0.2) is 22.9 Å². The quantitative estimate of drug-likeness (QED) is 0.523. The third kappa shape index (κ3) is 4.78. The number of carboxylic acids is 1. The van der Waals surface area contributed by atoms with E-state index in [1.165, 1.54) is 24.0 Å². The maximum Gasteiger partial charge on any atom is 0.332 e. The first-order valence-electron chi connectivity index (χ1n) is 11.8. The number of carboxylic acid groups (broad SMARTS) is 1. The Hall–Kier alpha value is -2.52. The number of nitrogens with one attached hydrogen (secondary N) is 1. The fourth-order valence-corrected chi connectivity index (χ4v) is 3.83. The van der Waals surface area contributed by atoms with Gasteiger partial charge in [0.05, 0.1) is 19.7 Å². The highest BCUT2D eigenvalue weighted by atomic mass is 19.3. The molecule has 1 aliphatic carbocycles. The summed E-state index contributed by atoms with van der Waals surface area (Å²) in [6.07, 6.45) is 1.01. The molecule has 1 saturated heterocycles. The molecule has 2 aliphatic rings. The summed E-state index contributed by atoms with van der Waals surface area (Å²) in [5, 5.41) is 12.1. The monoisotopic (exact) mass is 459 g/mol. The van der Waals surface area contributed by atoms with Gasteiger partial charge in [-0.2, -0.15) is 0 Å². The number of ether oxygens (including phenoxy) is 1. The Balaban J connectivity index is 1.86. The summed E-state index contributed by atoms with van der Waals surface area (Å²) in [6, 6.07) is 2.67. The van der Waals surface area contributed by atoms with Crippen molar-refractivity contribution in [3.05, 3.63) is 17.8 Å². The maximum absolute atomic E-state index is 15.6. The number of hydrogen-bond acceptors (Lipinski definition) is 5. The standard InChI is InChI=1S/C22H30F3N3O4/c1-4-10-20(3,23)22(5-2,19(30)31)27-17(29)15-8-9-16(28-12-21(24,25)13-28)18(26-15)32-11-14-6-7-14/h8-9,14H,4-7,10-13H2,1-3H3,(H,27,29)(H,30,31)/i1D2. The number of aliphatic carboxylic acids is 1. The Kier molecular flexibility index (Phi) is 5.86. The molecule has 2 N–H and O–H groups in total. The van der Waals surface area contributed by atoms with Crippen molar-refractivity contribution in [2.45, 2.75) is 70.0 Å². The molecule has 0 bridgehead atoms. The predicted octanol–water partition coefficient (Wildman–Crippen LogP) is 3.82. The third-order valence-electron chi connectivity index (χ3n) is 6.14. The minimum atomic E-state index is -2.82. The van der Waals surface area contributed by atoms with Crippen molar-refractivity contribution in [2.24, 2.45) is 5.92 Å². The van der Waals surface area contributed by atoms with Crippen LogP contribution >= 0.6 is 0 Å². The van der Waals surface area contributed by atoms with E-state index >= 15 is 4.39 Å². The molecule has 2 atom stereocenters. The van der Waals surface area contributed by atoms with Crippen LogP contribution in [0.2, 0.25) is 0 Å². The van der Waals surface area contributed by atoms with Gasteiger partial charge >= 0.3 is 5.97 Å². The van der Waals surface area contributed by atoms with Crippen LogP contribution in [0.5, 0.6) is 5.88 Å². The van der Waals surface area contributed by atoms with Gasteiger partial charge in [0.15, 0.2) is 5.54 Å². The Morgan fingerprint density at radius 3 is 2.62 bits per heavy atom. The van der Waals surface area contributed by atoms with Crippen molar-refractivity contribution in [2.75, 3.05) is 24.6 Å². The smallest absolute Gasteiger partial charge is 0.332 e. The van der Waals surface area contributed by atoms with Gasteiger partial charge in [0.1, 0.15) is 17.1 Å². The zero-order valence-electron chi connectivity index (χ0n) is 20.2. The Morgan fingerprint density at radius 2 is 2.09 bits per heavy atom. The van der Waals surface area contributed by atoms with Gasteiger partial charge in [-0.05, 0) is 50.7 Å². The number of alkyl halides is 3. The van der Waals surface area contributed by atoms with Crippen molar-refractivity contribution in [1.29, 1.82) is 0 Å². The Labute approximate surface area is 188 Å². The molecule has 2 unspecified atom stereocenters. The number of amides is 1. The van der Waals surface area contributed by atoms with Gasteiger partial charge in [-0.1, -0.05) is 20.2 Å². The molecule has 32 heavy (non-hydrogen) atoms. The van der Waals surface area contributed by atoms with Crippen molar-refractivity contribution >= 4 is 17.6 Å². The van der Waals surface area contributed by atoms with Crippen molar-refractivity contribution in [3.8, 4) is 5.88 Å².